The molecule has 4 nitrogen and oxygen atoms in total. The third-order valence-corrected chi connectivity index (χ3v) is 3.17. The van der Waals surface area contributed by atoms with Crippen LogP contribution < -0.4 is 0 Å². The molecular formula is C10H7F3N4S. The van der Waals surface area contributed by atoms with Crippen molar-refractivity contribution >= 4 is 16.3 Å². The lowest BCUT2D eigenvalue weighted by Crippen LogP contribution is -2.08. The highest BCUT2D eigenvalue weighted by Gasteiger charge is 2.33. The Morgan fingerprint density at radius 2 is 2.11 bits per heavy atom. The van der Waals surface area contributed by atoms with Crippen LogP contribution >= 0.6 is 11.3 Å². The van der Waals surface area contributed by atoms with Gasteiger partial charge in [0.15, 0.2) is 10.7 Å². The monoisotopic (exact) mass is 272 g/mol. The second-order valence-electron chi connectivity index (χ2n) is 3.72. The molecule has 0 fully saturated rings. The van der Waals surface area contributed by atoms with Crippen molar-refractivity contribution < 1.29 is 13.2 Å². The quantitative estimate of drug-likeness (QED) is 0.719. The average Bonchev–Trinajstić information content (AvgIpc) is 2.90. The van der Waals surface area contributed by atoms with Gasteiger partial charge in [0, 0.05) is 24.0 Å². The third-order valence-electron chi connectivity index (χ3n) is 2.40. The van der Waals surface area contributed by atoms with E-state index in [1.165, 1.54) is 22.2 Å². The standard InChI is InChI=1S/C10H7F3N4S/c11-10(12,13)8-1-2-17(15-8)6-7-5-16-3-4-18-9(16)14-7/h1-5H,6H2. The highest BCUT2D eigenvalue weighted by molar-refractivity contribution is 7.15. The molecule has 0 saturated carbocycles. The van der Waals surface area contributed by atoms with E-state index in [9.17, 15) is 13.2 Å². The Hall–Kier alpha value is -1.83. The number of rotatable bonds is 2. The molecule has 8 heteroatoms. The SMILES string of the molecule is FC(F)(F)c1ccn(Cc2cn3ccsc3n2)n1. The van der Waals surface area contributed by atoms with Gasteiger partial charge in [-0.05, 0) is 6.07 Å². The summed E-state index contributed by atoms with van der Waals surface area (Å²) in [6.07, 6.45) is 0.525. The molecule has 0 spiro atoms. The highest BCUT2D eigenvalue weighted by Crippen LogP contribution is 2.27. The second kappa shape index (κ2) is 3.84. The molecule has 0 unspecified atom stereocenters. The number of imidazole rings is 1. The molecule has 18 heavy (non-hydrogen) atoms. The molecule has 0 radical (unpaired) electrons. The van der Waals surface area contributed by atoms with Crippen LogP contribution in [0.1, 0.15) is 11.4 Å². The minimum Gasteiger partial charge on any atom is -0.297 e. The summed E-state index contributed by atoms with van der Waals surface area (Å²) >= 11 is 1.47. The molecule has 0 aromatic carbocycles. The lowest BCUT2D eigenvalue weighted by molar-refractivity contribution is -0.141. The first-order valence-corrected chi connectivity index (χ1v) is 5.92. The fourth-order valence-corrected chi connectivity index (χ4v) is 2.34. The van der Waals surface area contributed by atoms with Gasteiger partial charge in [0.2, 0.25) is 0 Å². The van der Waals surface area contributed by atoms with E-state index in [1.54, 1.807) is 6.20 Å². The van der Waals surface area contributed by atoms with E-state index >= 15 is 0 Å². The first-order chi connectivity index (χ1) is 8.52. The van der Waals surface area contributed by atoms with E-state index in [4.69, 9.17) is 0 Å². The number of fused-ring (bicyclic) bond motifs is 1. The van der Waals surface area contributed by atoms with Crippen LogP contribution in [-0.4, -0.2) is 19.2 Å². The zero-order chi connectivity index (χ0) is 12.8. The Labute approximate surface area is 103 Å². The van der Waals surface area contributed by atoms with Crippen LogP contribution in [0.4, 0.5) is 13.2 Å². The number of aromatic nitrogens is 4. The van der Waals surface area contributed by atoms with Gasteiger partial charge in [-0.3, -0.25) is 9.08 Å². The molecule has 0 aliphatic heterocycles. The summed E-state index contributed by atoms with van der Waals surface area (Å²) in [6.45, 7) is 0.227. The Morgan fingerprint density at radius 1 is 1.28 bits per heavy atom. The molecule has 3 aromatic heterocycles. The maximum absolute atomic E-state index is 12.4. The van der Waals surface area contributed by atoms with Gasteiger partial charge in [-0.15, -0.1) is 11.3 Å². The van der Waals surface area contributed by atoms with Crippen molar-refractivity contribution in [3.8, 4) is 0 Å². The van der Waals surface area contributed by atoms with E-state index in [2.05, 4.69) is 10.1 Å². The zero-order valence-electron chi connectivity index (χ0n) is 8.92. The summed E-state index contributed by atoms with van der Waals surface area (Å²) in [5.41, 5.74) is -0.206. The van der Waals surface area contributed by atoms with Crippen LogP contribution in [0.15, 0.2) is 30.0 Å². The smallest absolute Gasteiger partial charge is 0.297 e. The molecule has 0 atom stereocenters. The summed E-state index contributed by atoms with van der Waals surface area (Å²) in [6, 6.07) is 0.957. The van der Waals surface area contributed by atoms with E-state index in [0.29, 0.717) is 5.69 Å². The fraction of sp³-hybridized carbons (Fsp3) is 0.200. The fourth-order valence-electron chi connectivity index (χ4n) is 1.62. The van der Waals surface area contributed by atoms with Crippen LogP contribution in [-0.2, 0) is 12.7 Å². The van der Waals surface area contributed by atoms with Crippen LogP contribution in [0.5, 0.6) is 0 Å². The average molecular weight is 272 g/mol. The molecule has 0 saturated heterocycles. The maximum Gasteiger partial charge on any atom is 0.435 e. The van der Waals surface area contributed by atoms with Crippen molar-refractivity contribution in [2.75, 3.05) is 0 Å². The number of hydrogen-bond acceptors (Lipinski definition) is 3. The predicted octanol–water partition coefficient (Wildman–Crippen LogP) is 2.66. The van der Waals surface area contributed by atoms with Gasteiger partial charge in [0.05, 0.1) is 12.2 Å². The molecule has 0 bridgehead atoms. The van der Waals surface area contributed by atoms with Gasteiger partial charge in [-0.25, -0.2) is 4.98 Å². The van der Waals surface area contributed by atoms with Gasteiger partial charge >= 0.3 is 6.18 Å². The van der Waals surface area contributed by atoms with Gasteiger partial charge in [-0.2, -0.15) is 18.3 Å². The molecule has 3 heterocycles. The van der Waals surface area contributed by atoms with Gasteiger partial charge in [0.1, 0.15) is 0 Å². The number of alkyl halides is 3. The summed E-state index contributed by atoms with van der Waals surface area (Å²) in [4.78, 5) is 5.09. The van der Waals surface area contributed by atoms with Crippen LogP contribution in [0, 0.1) is 0 Å². The molecular weight excluding hydrogens is 265 g/mol. The third kappa shape index (κ3) is 1.99. The maximum atomic E-state index is 12.4. The van der Waals surface area contributed by atoms with Crippen LogP contribution in [0.25, 0.3) is 4.96 Å². The molecule has 94 valence electrons. The predicted molar refractivity (Wildman–Crippen MR) is 59.4 cm³/mol. The van der Waals surface area contributed by atoms with Crippen molar-refractivity contribution in [1.29, 1.82) is 0 Å². The second-order valence-corrected chi connectivity index (χ2v) is 4.59. The first kappa shape index (κ1) is 11.3. The molecule has 0 amide bonds. The van der Waals surface area contributed by atoms with Crippen molar-refractivity contribution in [3.05, 3.63) is 41.4 Å². The Balaban J connectivity index is 1.84. The first-order valence-electron chi connectivity index (χ1n) is 5.04. The topological polar surface area (TPSA) is 35.1 Å². The molecule has 0 aliphatic carbocycles. The summed E-state index contributed by atoms with van der Waals surface area (Å²) < 4.78 is 40.2. The van der Waals surface area contributed by atoms with E-state index < -0.39 is 11.9 Å². The van der Waals surface area contributed by atoms with Crippen molar-refractivity contribution in [3.63, 3.8) is 0 Å². The summed E-state index contributed by atoms with van der Waals surface area (Å²) in [7, 11) is 0. The number of thiazole rings is 1. The van der Waals surface area contributed by atoms with Crippen molar-refractivity contribution in [2.45, 2.75) is 12.7 Å². The van der Waals surface area contributed by atoms with E-state index in [0.717, 1.165) is 11.0 Å². The van der Waals surface area contributed by atoms with Gasteiger partial charge in [0.25, 0.3) is 0 Å². The summed E-state index contributed by atoms with van der Waals surface area (Å²) in [5, 5.41) is 5.37. The number of nitrogens with zero attached hydrogens (tertiary/aromatic N) is 4. The number of hydrogen-bond donors (Lipinski definition) is 0. The normalized spacial score (nSPS) is 12.4. The van der Waals surface area contributed by atoms with Gasteiger partial charge in [-0.1, -0.05) is 0 Å². The Kier molecular flexibility index (Phi) is 2.40. The Bertz CT molecular complexity index is 650. The van der Waals surface area contributed by atoms with Crippen molar-refractivity contribution in [1.82, 2.24) is 19.2 Å². The lowest BCUT2D eigenvalue weighted by Gasteiger charge is -2.01. The van der Waals surface area contributed by atoms with E-state index in [-0.39, 0.29) is 6.54 Å². The zero-order valence-corrected chi connectivity index (χ0v) is 9.74. The molecule has 3 rings (SSSR count). The minimum atomic E-state index is -4.40. The molecule has 0 N–H and O–H groups in total. The number of halogens is 3. The minimum absolute atomic E-state index is 0.227. The lowest BCUT2D eigenvalue weighted by atomic mass is 10.4. The van der Waals surface area contributed by atoms with Crippen molar-refractivity contribution in [2.24, 2.45) is 0 Å². The van der Waals surface area contributed by atoms with Gasteiger partial charge < -0.3 is 0 Å². The van der Waals surface area contributed by atoms with Crippen LogP contribution in [0.3, 0.4) is 0 Å². The molecule has 0 aliphatic rings. The highest BCUT2D eigenvalue weighted by atomic mass is 32.1. The van der Waals surface area contributed by atoms with E-state index in [1.807, 2.05) is 16.0 Å². The molecule has 3 aromatic rings. The summed E-state index contributed by atoms with van der Waals surface area (Å²) in [5.74, 6) is 0. The Morgan fingerprint density at radius 3 is 2.78 bits per heavy atom. The largest absolute Gasteiger partial charge is 0.435 e. The van der Waals surface area contributed by atoms with Crippen LogP contribution in [0.2, 0.25) is 0 Å².